The number of rotatable bonds is 5. The highest BCUT2D eigenvalue weighted by Gasteiger charge is 2.06. The lowest BCUT2D eigenvalue weighted by Crippen LogP contribution is -2.02. The van der Waals surface area contributed by atoms with E-state index in [0.717, 1.165) is 0 Å². The molecule has 2 aromatic carbocycles. The molecule has 5 heteroatoms. The second-order valence-corrected chi connectivity index (χ2v) is 4.17. The number of ether oxygens (including phenoxy) is 2. The van der Waals surface area contributed by atoms with Gasteiger partial charge in [-0.15, -0.1) is 0 Å². The Bertz CT molecular complexity index is 602. The van der Waals surface area contributed by atoms with E-state index in [9.17, 15) is 8.78 Å². The second kappa shape index (κ2) is 6.23. The van der Waals surface area contributed by atoms with Crippen LogP contribution in [0.2, 0.25) is 0 Å². The fraction of sp³-hybridized carbons (Fsp3) is 0.200. The fourth-order valence-corrected chi connectivity index (χ4v) is 1.78. The Morgan fingerprint density at radius 1 is 0.950 bits per heavy atom. The van der Waals surface area contributed by atoms with Crippen LogP contribution in [0.3, 0.4) is 0 Å². The van der Waals surface area contributed by atoms with Crippen LogP contribution in [-0.4, -0.2) is 14.2 Å². The summed E-state index contributed by atoms with van der Waals surface area (Å²) in [6.07, 6.45) is 0. The van der Waals surface area contributed by atoms with Gasteiger partial charge in [-0.2, -0.15) is 0 Å². The van der Waals surface area contributed by atoms with Crippen molar-refractivity contribution in [3.8, 4) is 11.5 Å². The molecule has 1 N–H and O–H groups in total. The summed E-state index contributed by atoms with van der Waals surface area (Å²) in [4.78, 5) is 0. The van der Waals surface area contributed by atoms with E-state index >= 15 is 0 Å². The molecule has 0 bridgehead atoms. The number of benzene rings is 2. The van der Waals surface area contributed by atoms with Gasteiger partial charge in [0.1, 0.15) is 11.6 Å². The normalized spacial score (nSPS) is 10.2. The zero-order chi connectivity index (χ0) is 14.5. The number of hydrogen-bond acceptors (Lipinski definition) is 3. The van der Waals surface area contributed by atoms with Crippen molar-refractivity contribution in [3.63, 3.8) is 0 Å². The number of hydrogen-bond donors (Lipinski definition) is 1. The van der Waals surface area contributed by atoms with E-state index in [1.54, 1.807) is 12.1 Å². The molecule has 0 saturated heterocycles. The van der Waals surface area contributed by atoms with Gasteiger partial charge in [0.05, 0.1) is 19.9 Å². The third-order valence-corrected chi connectivity index (χ3v) is 2.87. The Morgan fingerprint density at radius 3 is 2.40 bits per heavy atom. The molecule has 0 aliphatic carbocycles. The predicted molar refractivity (Wildman–Crippen MR) is 73.2 cm³/mol. The molecule has 0 aliphatic heterocycles. The molecular formula is C15H15F2NO2. The average molecular weight is 279 g/mol. The van der Waals surface area contributed by atoms with Crippen molar-refractivity contribution < 1.29 is 18.3 Å². The molecule has 0 radical (unpaired) electrons. The van der Waals surface area contributed by atoms with Crippen molar-refractivity contribution in [2.24, 2.45) is 0 Å². The minimum absolute atomic E-state index is 0.182. The summed E-state index contributed by atoms with van der Waals surface area (Å²) < 4.78 is 37.0. The maximum absolute atomic E-state index is 13.6. The molecule has 0 spiro atoms. The molecule has 0 atom stereocenters. The first-order chi connectivity index (χ1) is 9.63. The van der Waals surface area contributed by atoms with Crippen LogP contribution in [0.4, 0.5) is 14.5 Å². The second-order valence-electron chi connectivity index (χ2n) is 4.17. The Labute approximate surface area is 116 Å². The molecular weight excluding hydrogens is 264 g/mol. The molecule has 3 nitrogen and oxygen atoms in total. The van der Waals surface area contributed by atoms with Gasteiger partial charge in [0.25, 0.3) is 0 Å². The van der Waals surface area contributed by atoms with Crippen molar-refractivity contribution in [3.05, 3.63) is 53.6 Å². The topological polar surface area (TPSA) is 30.5 Å². The summed E-state index contributed by atoms with van der Waals surface area (Å²) in [7, 11) is 2.91. The van der Waals surface area contributed by atoms with Crippen LogP contribution in [0, 0.1) is 11.6 Å². The van der Waals surface area contributed by atoms with Gasteiger partial charge in [0.2, 0.25) is 0 Å². The lowest BCUT2D eigenvalue weighted by Gasteiger charge is -2.10. The van der Waals surface area contributed by atoms with Gasteiger partial charge in [-0.25, -0.2) is 8.78 Å². The number of methoxy groups -OCH3 is 2. The van der Waals surface area contributed by atoms with Gasteiger partial charge in [-0.3, -0.25) is 0 Å². The van der Waals surface area contributed by atoms with E-state index in [2.05, 4.69) is 5.32 Å². The minimum Gasteiger partial charge on any atom is -0.497 e. The van der Waals surface area contributed by atoms with Crippen LogP contribution in [-0.2, 0) is 6.54 Å². The SMILES string of the molecule is COc1ccc(F)c(NCc2ccc(OC)c(F)c2)c1. The van der Waals surface area contributed by atoms with E-state index in [1.165, 1.54) is 38.5 Å². The third-order valence-electron chi connectivity index (χ3n) is 2.87. The maximum Gasteiger partial charge on any atom is 0.165 e. The van der Waals surface area contributed by atoms with Crippen LogP contribution in [0.5, 0.6) is 11.5 Å². The monoisotopic (exact) mass is 279 g/mol. The van der Waals surface area contributed by atoms with Crippen LogP contribution in [0.1, 0.15) is 5.56 Å². The van der Waals surface area contributed by atoms with E-state index in [1.807, 2.05) is 0 Å². The standard InChI is InChI=1S/C15H15F2NO2/c1-19-11-4-5-12(16)14(8-11)18-9-10-3-6-15(20-2)13(17)7-10/h3-8,18H,9H2,1-2H3. The van der Waals surface area contributed by atoms with Crippen LogP contribution < -0.4 is 14.8 Å². The van der Waals surface area contributed by atoms with E-state index in [0.29, 0.717) is 23.5 Å². The molecule has 0 saturated carbocycles. The van der Waals surface area contributed by atoms with E-state index < -0.39 is 5.82 Å². The van der Waals surface area contributed by atoms with Gasteiger partial charge in [0.15, 0.2) is 11.6 Å². The summed E-state index contributed by atoms with van der Waals surface area (Å²) in [6, 6.07) is 9.00. The highest BCUT2D eigenvalue weighted by atomic mass is 19.1. The molecule has 106 valence electrons. The molecule has 2 aromatic rings. The number of anilines is 1. The first kappa shape index (κ1) is 14.1. The summed E-state index contributed by atoms with van der Waals surface area (Å²) in [5.41, 5.74) is 0.992. The third kappa shape index (κ3) is 3.17. The highest BCUT2D eigenvalue weighted by molar-refractivity contribution is 5.50. The molecule has 0 aliphatic rings. The van der Waals surface area contributed by atoms with Crippen LogP contribution >= 0.6 is 0 Å². The average Bonchev–Trinajstić information content (AvgIpc) is 2.46. The van der Waals surface area contributed by atoms with Gasteiger partial charge in [-0.05, 0) is 29.8 Å². The lowest BCUT2D eigenvalue weighted by molar-refractivity contribution is 0.386. The summed E-state index contributed by atoms with van der Waals surface area (Å²) in [5.74, 6) is -0.103. The molecule has 0 heterocycles. The van der Waals surface area contributed by atoms with Crippen molar-refractivity contribution in [2.75, 3.05) is 19.5 Å². The fourth-order valence-electron chi connectivity index (χ4n) is 1.78. The molecule has 20 heavy (non-hydrogen) atoms. The predicted octanol–water partition coefficient (Wildman–Crippen LogP) is 3.59. The number of halogens is 2. The Hall–Kier alpha value is -2.30. The maximum atomic E-state index is 13.6. The van der Waals surface area contributed by atoms with Crippen LogP contribution in [0.25, 0.3) is 0 Å². The Balaban J connectivity index is 2.10. The van der Waals surface area contributed by atoms with Crippen molar-refractivity contribution in [1.29, 1.82) is 0 Å². The Kier molecular flexibility index (Phi) is 4.40. The molecule has 0 amide bonds. The lowest BCUT2D eigenvalue weighted by atomic mass is 10.2. The first-order valence-corrected chi connectivity index (χ1v) is 6.04. The first-order valence-electron chi connectivity index (χ1n) is 6.04. The van der Waals surface area contributed by atoms with Gasteiger partial charge in [0, 0.05) is 12.6 Å². The minimum atomic E-state index is -0.446. The molecule has 0 aromatic heterocycles. The van der Waals surface area contributed by atoms with Crippen molar-refractivity contribution in [1.82, 2.24) is 0 Å². The zero-order valence-corrected chi connectivity index (χ0v) is 11.2. The summed E-state index contributed by atoms with van der Waals surface area (Å²) in [5, 5.41) is 2.91. The molecule has 0 fully saturated rings. The van der Waals surface area contributed by atoms with Crippen molar-refractivity contribution in [2.45, 2.75) is 6.54 Å². The quantitative estimate of drug-likeness (QED) is 0.907. The smallest absolute Gasteiger partial charge is 0.165 e. The van der Waals surface area contributed by atoms with Crippen molar-refractivity contribution >= 4 is 5.69 Å². The molecule has 2 rings (SSSR count). The van der Waals surface area contributed by atoms with Gasteiger partial charge < -0.3 is 14.8 Å². The number of nitrogens with one attached hydrogen (secondary N) is 1. The summed E-state index contributed by atoms with van der Waals surface area (Å²) >= 11 is 0. The molecule has 0 unspecified atom stereocenters. The largest absolute Gasteiger partial charge is 0.497 e. The van der Waals surface area contributed by atoms with Crippen LogP contribution in [0.15, 0.2) is 36.4 Å². The van der Waals surface area contributed by atoms with E-state index in [4.69, 9.17) is 9.47 Å². The van der Waals surface area contributed by atoms with Gasteiger partial charge >= 0.3 is 0 Å². The van der Waals surface area contributed by atoms with Gasteiger partial charge in [-0.1, -0.05) is 6.07 Å². The van der Waals surface area contributed by atoms with E-state index in [-0.39, 0.29) is 11.6 Å². The summed E-state index contributed by atoms with van der Waals surface area (Å²) in [6.45, 7) is 0.297. The highest BCUT2D eigenvalue weighted by Crippen LogP contribution is 2.23. The Morgan fingerprint density at radius 2 is 1.75 bits per heavy atom. The zero-order valence-electron chi connectivity index (χ0n) is 11.2.